The van der Waals surface area contributed by atoms with E-state index in [0.717, 1.165) is 12.8 Å². The van der Waals surface area contributed by atoms with Crippen molar-refractivity contribution in [1.82, 2.24) is 10.3 Å². The summed E-state index contributed by atoms with van der Waals surface area (Å²) in [6, 6.07) is -0.154. The molecule has 1 aromatic heterocycles. The fraction of sp³-hybridized carbons (Fsp3) is 0.733. The number of rotatable bonds is 7. The zero-order chi connectivity index (χ0) is 15.3. The molecule has 2 unspecified atom stereocenters. The van der Waals surface area contributed by atoms with Crippen molar-refractivity contribution < 1.29 is 9.21 Å². The third-order valence-electron chi connectivity index (χ3n) is 3.31. The van der Waals surface area contributed by atoms with E-state index in [1.54, 1.807) is 0 Å². The summed E-state index contributed by atoms with van der Waals surface area (Å²) < 4.78 is 5.29. The van der Waals surface area contributed by atoms with Crippen LogP contribution < -0.4 is 11.1 Å². The average Bonchev–Trinajstić information content (AvgIpc) is 2.84. The van der Waals surface area contributed by atoms with Gasteiger partial charge in [-0.25, -0.2) is 4.98 Å². The molecule has 0 aliphatic heterocycles. The molecule has 1 aromatic rings. The van der Waals surface area contributed by atoms with Gasteiger partial charge >= 0.3 is 0 Å². The Morgan fingerprint density at radius 2 is 1.95 bits per heavy atom. The number of nitrogens with zero attached hydrogens (tertiary/aromatic N) is 1. The quantitative estimate of drug-likeness (QED) is 0.805. The van der Waals surface area contributed by atoms with Crippen LogP contribution in [0.25, 0.3) is 0 Å². The van der Waals surface area contributed by atoms with Crippen LogP contribution in [0.1, 0.15) is 69.9 Å². The Kier molecular flexibility index (Phi) is 6.20. The molecular formula is C15H27N3O2. The van der Waals surface area contributed by atoms with Gasteiger partial charge in [-0.15, -0.1) is 0 Å². The zero-order valence-electron chi connectivity index (χ0n) is 13.1. The Labute approximate surface area is 121 Å². The fourth-order valence-electron chi connectivity index (χ4n) is 1.78. The van der Waals surface area contributed by atoms with Crippen LogP contribution in [0.15, 0.2) is 10.7 Å². The number of hydrogen-bond acceptors (Lipinski definition) is 4. The number of aromatic nitrogens is 1. The molecule has 5 heteroatoms. The van der Waals surface area contributed by atoms with Gasteiger partial charge in [-0.2, -0.15) is 0 Å². The van der Waals surface area contributed by atoms with Crippen molar-refractivity contribution in [2.24, 2.45) is 17.6 Å². The fourth-order valence-corrected chi connectivity index (χ4v) is 1.78. The molecule has 0 aliphatic carbocycles. The van der Waals surface area contributed by atoms with E-state index in [9.17, 15) is 4.79 Å². The normalized spacial score (nSPS) is 14.6. The highest BCUT2D eigenvalue weighted by molar-refractivity contribution is 5.92. The van der Waals surface area contributed by atoms with Crippen molar-refractivity contribution in [1.29, 1.82) is 0 Å². The van der Waals surface area contributed by atoms with Crippen LogP contribution in [0.3, 0.4) is 0 Å². The molecule has 0 spiro atoms. The van der Waals surface area contributed by atoms with Crippen LogP contribution in [0.2, 0.25) is 0 Å². The Morgan fingerprint density at radius 1 is 1.30 bits per heavy atom. The summed E-state index contributed by atoms with van der Waals surface area (Å²) in [5.74, 6) is 1.07. The first-order valence-corrected chi connectivity index (χ1v) is 7.33. The molecule has 114 valence electrons. The smallest absolute Gasteiger partial charge is 0.273 e. The van der Waals surface area contributed by atoms with Crippen molar-refractivity contribution in [3.63, 3.8) is 0 Å². The molecule has 0 bridgehead atoms. The van der Waals surface area contributed by atoms with E-state index in [4.69, 9.17) is 10.2 Å². The first-order valence-electron chi connectivity index (χ1n) is 7.33. The number of amides is 1. The lowest BCUT2D eigenvalue weighted by Gasteiger charge is -2.14. The summed E-state index contributed by atoms with van der Waals surface area (Å²) >= 11 is 0. The van der Waals surface area contributed by atoms with E-state index in [0.29, 0.717) is 17.5 Å². The number of hydrogen-bond donors (Lipinski definition) is 2. The zero-order valence-corrected chi connectivity index (χ0v) is 13.1. The van der Waals surface area contributed by atoms with Gasteiger partial charge in [0.15, 0.2) is 5.69 Å². The van der Waals surface area contributed by atoms with E-state index < -0.39 is 0 Å². The topological polar surface area (TPSA) is 81.2 Å². The molecule has 0 aromatic carbocycles. The molecule has 5 nitrogen and oxygen atoms in total. The second-order valence-corrected chi connectivity index (χ2v) is 6.19. The maximum Gasteiger partial charge on any atom is 0.273 e. The van der Waals surface area contributed by atoms with Crippen LogP contribution in [-0.2, 0) is 0 Å². The highest BCUT2D eigenvalue weighted by Gasteiger charge is 2.20. The van der Waals surface area contributed by atoms with Crippen molar-refractivity contribution >= 4 is 5.91 Å². The van der Waals surface area contributed by atoms with Crippen LogP contribution in [0.4, 0.5) is 0 Å². The molecule has 1 rings (SSSR count). The first-order chi connectivity index (χ1) is 9.31. The van der Waals surface area contributed by atoms with Gasteiger partial charge in [-0.05, 0) is 31.6 Å². The SMILES string of the molecule is CC(C)CCC(C)NC(=O)c1coc(C(N)C(C)C)n1. The summed E-state index contributed by atoms with van der Waals surface area (Å²) in [6.07, 6.45) is 3.42. The van der Waals surface area contributed by atoms with Crippen LogP contribution in [0.5, 0.6) is 0 Å². The molecule has 0 saturated heterocycles. The second-order valence-electron chi connectivity index (χ2n) is 6.19. The van der Waals surface area contributed by atoms with Gasteiger partial charge in [-0.3, -0.25) is 4.79 Å². The van der Waals surface area contributed by atoms with E-state index in [2.05, 4.69) is 24.1 Å². The lowest BCUT2D eigenvalue weighted by Crippen LogP contribution is -2.33. The monoisotopic (exact) mass is 281 g/mol. The van der Waals surface area contributed by atoms with Gasteiger partial charge < -0.3 is 15.5 Å². The molecule has 0 fully saturated rings. The second kappa shape index (κ2) is 7.43. The van der Waals surface area contributed by atoms with Gasteiger partial charge in [0, 0.05) is 6.04 Å². The highest BCUT2D eigenvalue weighted by atomic mass is 16.3. The molecule has 20 heavy (non-hydrogen) atoms. The Bertz CT molecular complexity index is 427. The van der Waals surface area contributed by atoms with E-state index >= 15 is 0 Å². The molecule has 2 atom stereocenters. The van der Waals surface area contributed by atoms with Gasteiger partial charge in [0.25, 0.3) is 5.91 Å². The van der Waals surface area contributed by atoms with Gasteiger partial charge in [-0.1, -0.05) is 27.7 Å². The molecule has 3 N–H and O–H groups in total. The molecule has 0 saturated carbocycles. The predicted octanol–water partition coefficient (Wildman–Crippen LogP) is 2.88. The maximum absolute atomic E-state index is 12.0. The highest BCUT2D eigenvalue weighted by Crippen LogP contribution is 2.18. The van der Waals surface area contributed by atoms with E-state index in [1.807, 2.05) is 20.8 Å². The van der Waals surface area contributed by atoms with Crippen LogP contribution >= 0.6 is 0 Å². The molecule has 1 heterocycles. The van der Waals surface area contributed by atoms with Crippen LogP contribution in [0, 0.1) is 11.8 Å². The number of carbonyl (C=O) groups excluding carboxylic acids is 1. The summed E-state index contributed by atoms with van der Waals surface area (Å²) in [5, 5.41) is 2.93. The van der Waals surface area contributed by atoms with Crippen molar-refractivity contribution in [3.05, 3.63) is 17.8 Å². The van der Waals surface area contributed by atoms with Crippen molar-refractivity contribution in [3.8, 4) is 0 Å². The first kappa shape index (κ1) is 16.7. The minimum atomic E-state index is -0.282. The average molecular weight is 281 g/mol. The van der Waals surface area contributed by atoms with Gasteiger partial charge in [0.1, 0.15) is 6.26 Å². The number of nitrogens with one attached hydrogen (secondary N) is 1. The summed E-state index contributed by atoms with van der Waals surface area (Å²) in [6.45, 7) is 10.3. The number of oxazole rings is 1. The summed E-state index contributed by atoms with van der Waals surface area (Å²) in [4.78, 5) is 16.2. The Hall–Kier alpha value is -1.36. The van der Waals surface area contributed by atoms with Crippen molar-refractivity contribution in [2.45, 2.75) is 59.5 Å². The largest absolute Gasteiger partial charge is 0.446 e. The van der Waals surface area contributed by atoms with Crippen molar-refractivity contribution in [2.75, 3.05) is 0 Å². The third-order valence-corrected chi connectivity index (χ3v) is 3.31. The van der Waals surface area contributed by atoms with E-state index in [-0.39, 0.29) is 23.9 Å². The lowest BCUT2D eigenvalue weighted by molar-refractivity contribution is 0.0932. The Balaban J connectivity index is 2.56. The van der Waals surface area contributed by atoms with E-state index in [1.165, 1.54) is 6.26 Å². The number of carbonyl (C=O) groups is 1. The minimum absolute atomic E-state index is 0.129. The third kappa shape index (κ3) is 4.96. The van der Waals surface area contributed by atoms with Gasteiger partial charge in [0.05, 0.1) is 6.04 Å². The predicted molar refractivity (Wildman–Crippen MR) is 79.3 cm³/mol. The summed E-state index contributed by atoms with van der Waals surface area (Å²) in [5.41, 5.74) is 6.24. The Morgan fingerprint density at radius 3 is 2.50 bits per heavy atom. The van der Waals surface area contributed by atoms with Crippen LogP contribution in [-0.4, -0.2) is 16.9 Å². The molecule has 0 radical (unpaired) electrons. The molecule has 0 aliphatic rings. The summed E-state index contributed by atoms with van der Waals surface area (Å²) in [7, 11) is 0. The maximum atomic E-state index is 12.0. The van der Waals surface area contributed by atoms with Gasteiger partial charge in [0.2, 0.25) is 5.89 Å². The number of nitrogens with two attached hydrogens (primary N) is 1. The molecule has 1 amide bonds. The standard InChI is InChI=1S/C15H27N3O2/c1-9(2)6-7-11(5)17-14(19)12-8-20-15(18-12)13(16)10(3)4/h8-11,13H,6-7,16H2,1-5H3,(H,17,19). The lowest BCUT2D eigenvalue weighted by atomic mass is 10.0. The molecular weight excluding hydrogens is 254 g/mol. The minimum Gasteiger partial charge on any atom is -0.446 e.